The minimum absolute atomic E-state index is 0.0955. The third-order valence-electron chi connectivity index (χ3n) is 5.30. The fourth-order valence-corrected chi connectivity index (χ4v) is 3.86. The molecular weight excluding hydrogens is 467 g/mol. The largest absolute Gasteiger partial charge is 0.507 e. The lowest BCUT2D eigenvalue weighted by atomic mass is 9.96. The Hall–Kier alpha value is -4.23. The van der Waals surface area contributed by atoms with Crippen molar-refractivity contribution in [1.29, 1.82) is 0 Å². The summed E-state index contributed by atoms with van der Waals surface area (Å²) >= 11 is 6.47. The van der Waals surface area contributed by atoms with Crippen molar-refractivity contribution < 1.29 is 14.3 Å². The first-order valence-electron chi connectivity index (χ1n) is 10.6. The van der Waals surface area contributed by atoms with Crippen LogP contribution in [0.15, 0.2) is 85.6 Å². The molecule has 2 heterocycles. The Morgan fingerprint density at radius 1 is 0.886 bits per heavy atom. The molecule has 0 unspecified atom stereocenters. The highest BCUT2D eigenvalue weighted by Gasteiger charge is 2.17. The Morgan fingerprint density at radius 2 is 1.54 bits per heavy atom. The summed E-state index contributed by atoms with van der Waals surface area (Å²) in [4.78, 5) is 23.1. The van der Waals surface area contributed by atoms with E-state index < -0.39 is 5.82 Å². The number of benzene rings is 2. The Bertz CT molecular complexity index is 1390. The van der Waals surface area contributed by atoms with Crippen molar-refractivity contribution in [3.05, 3.63) is 96.4 Å². The summed E-state index contributed by atoms with van der Waals surface area (Å²) < 4.78 is 14.7. The van der Waals surface area contributed by atoms with Crippen LogP contribution in [0.25, 0.3) is 33.5 Å². The molecule has 0 atom stereocenters. The first-order chi connectivity index (χ1) is 16.9. The van der Waals surface area contributed by atoms with Crippen LogP contribution in [0.3, 0.4) is 0 Å². The number of hydrogen-bond donors (Lipinski definition) is 1. The summed E-state index contributed by atoms with van der Waals surface area (Å²) in [6, 6.07) is 14.6. The van der Waals surface area contributed by atoms with Crippen LogP contribution in [0, 0.1) is 5.82 Å². The monoisotopic (exact) mass is 488 g/mol. The molecule has 0 aliphatic rings. The maximum atomic E-state index is 14.7. The van der Waals surface area contributed by atoms with E-state index in [-0.39, 0.29) is 16.3 Å². The maximum absolute atomic E-state index is 14.7. The summed E-state index contributed by atoms with van der Waals surface area (Å²) in [6.45, 7) is 0. The average molecular weight is 489 g/mol. The van der Waals surface area contributed by atoms with Gasteiger partial charge in [0.2, 0.25) is 6.41 Å². The van der Waals surface area contributed by atoms with Crippen LogP contribution in [-0.4, -0.2) is 40.5 Å². The molecule has 176 valence electrons. The van der Waals surface area contributed by atoms with Crippen LogP contribution < -0.4 is 4.90 Å². The molecule has 0 fully saturated rings. The van der Waals surface area contributed by atoms with Gasteiger partial charge in [0, 0.05) is 61.8 Å². The van der Waals surface area contributed by atoms with Gasteiger partial charge in [-0.15, -0.1) is 0 Å². The summed E-state index contributed by atoms with van der Waals surface area (Å²) in [7, 11) is 3.66. The summed E-state index contributed by atoms with van der Waals surface area (Å²) in [5.74, 6) is -0.611. The average Bonchev–Trinajstić information content (AvgIpc) is 2.86. The van der Waals surface area contributed by atoms with Gasteiger partial charge in [0.05, 0.1) is 16.4 Å². The van der Waals surface area contributed by atoms with E-state index in [0.717, 1.165) is 5.56 Å². The third-order valence-corrected chi connectivity index (χ3v) is 5.60. The number of carbonyl (C=O) groups excluding carboxylic acids is 1. The second-order valence-electron chi connectivity index (χ2n) is 7.96. The molecule has 1 amide bonds. The molecular formula is C27H22ClFN4O2. The van der Waals surface area contributed by atoms with Crippen molar-refractivity contribution in [2.75, 3.05) is 19.0 Å². The number of aromatic nitrogens is 2. The van der Waals surface area contributed by atoms with Crippen LogP contribution in [0.4, 0.5) is 10.1 Å². The summed E-state index contributed by atoms with van der Waals surface area (Å²) in [5, 5.41) is 11.4. The van der Waals surface area contributed by atoms with Gasteiger partial charge in [0.1, 0.15) is 11.6 Å². The molecule has 4 aromatic rings. The highest BCUT2D eigenvalue weighted by molar-refractivity contribution is 6.34. The summed E-state index contributed by atoms with van der Waals surface area (Å²) in [5.41, 5.74) is 3.68. The predicted molar refractivity (Wildman–Crippen MR) is 136 cm³/mol. The Balaban J connectivity index is 1.75. The number of amides is 1. The van der Waals surface area contributed by atoms with E-state index in [1.807, 2.05) is 26.2 Å². The minimum Gasteiger partial charge on any atom is -0.507 e. The van der Waals surface area contributed by atoms with Gasteiger partial charge in [-0.05, 0) is 59.7 Å². The number of phenols is 1. The van der Waals surface area contributed by atoms with Crippen molar-refractivity contribution in [2.24, 2.45) is 0 Å². The molecule has 0 bridgehead atoms. The molecule has 0 aliphatic carbocycles. The van der Waals surface area contributed by atoms with E-state index in [0.29, 0.717) is 34.5 Å². The molecule has 2 aromatic carbocycles. The van der Waals surface area contributed by atoms with Crippen molar-refractivity contribution in [1.82, 2.24) is 14.9 Å². The first kappa shape index (κ1) is 23.9. The predicted octanol–water partition coefficient (Wildman–Crippen LogP) is 5.97. The molecule has 0 radical (unpaired) electrons. The van der Waals surface area contributed by atoms with E-state index in [2.05, 4.69) is 9.97 Å². The Morgan fingerprint density at radius 3 is 2.17 bits per heavy atom. The molecule has 8 heteroatoms. The van der Waals surface area contributed by atoms with Crippen molar-refractivity contribution in [2.45, 2.75) is 0 Å². The van der Waals surface area contributed by atoms with Gasteiger partial charge in [0.15, 0.2) is 0 Å². The van der Waals surface area contributed by atoms with Crippen molar-refractivity contribution in [3.8, 4) is 39.3 Å². The number of pyridine rings is 2. The number of carbonyl (C=O) groups is 1. The van der Waals surface area contributed by atoms with Crippen molar-refractivity contribution in [3.63, 3.8) is 0 Å². The summed E-state index contributed by atoms with van der Waals surface area (Å²) in [6.07, 6.45) is 8.86. The van der Waals surface area contributed by atoms with Gasteiger partial charge < -0.3 is 10.0 Å². The number of hydrogen-bond acceptors (Lipinski definition) is 5. The number of phenolic OH excluding ortho intramolecular Hbond substituents is 1. The topological polar surface area (TPSA) is 69.6 Å². The highest BCUT2D eigenvalue weighted by Crippen LogP contribution is 2.41. The Labute approximate surface area is 207 Å². The first-order valence-corrected chi connectivity index (χ1v) is 11.0. The van der Waals surface area contributed by atoms with Gasteiger partial charge >= 0.3 is 0 Å². The van der Waals surface area contributed by atoms with Gasteiger partial charge in [-0.3, -0.25) is 19.7 Å². The quantitative estimate of drug-likeness (QED) is 0.324. The fourth-order valence-electron chi connectivity index (χ4n) is 3.58. The number of rotatable bonds is 7. The zero-order valence-corrected chi connectivity index (χ0v) is 19.8. The molecule has 0 saturated heterocycles. The molecule has 6 nitrogen and oxygen atoms in total. The molecule has 0 aliphatic heterocycles. The number of anilines is 1. The van der Waals surface area contributed by atoms with Gasteiger partial charge in [-0.1, -0.05) is 17.7 Å². The molecule has 0 spiro atoms. The third kappa shape index (κ3) is 5.31. The van der Waals surface area contributed by atoms with Gasteiger partial charge in [-0.2, -0.15) is 0 Å². The number of nitrogens with zero attached hydrogens (tertiary/aromatic N) is 4. The second kappa shape index (κ2) is 10.4. The zero-order valence-electron chi connectivity index (χ0n) is 19.1. The maximum Gasteiger partial charge on any atom is 0.218 e. The molecule has 4 rings (SSSR count). The van der Waals surface area contributed by atoms with Crippen molar-refractivity contribution >= 4 is 23.7 Å². The zero-order chi connectivity index (χ0) is 24.9. The smallest absolute Gasteiger partial charge is 0.218 e. The fraction of sp³-hybridized carbons (Fsp3) is 0.0741. The normalized spacial score (nSPS) is 11.0. The SMILES string of the molecule is CN(C)/C=C\N(C=O)c1ccc(-c2cc(F)cc(-c3ccnc(-c4ccncc4)c3)c2O)cc1Cl. The molecule has 2 aromatic heterocycles. The second-order valence-corrected chi connectivity index (χ2v) is 8.36. The minimum atomic E-state index is -0.515. The molecule has 0 saturated carbocycles. The van der Waals surface area contributed by atoms with Crippen LogP contribution >= 0.6 is 11.6 Å². The van der Waals surface area contributed by atoms with E-state index in [1.165, 1.54) is 17.0 Å². The van der Waals surface area contributed by atoms with Gasteiger partial charge in [-0.25, -0.2) is 4.39 Å². The van der Waals surface area contributed by atoms with Crippen LogP contribution in [0.5, 0.6) is 5.75 Å². The van der Waals surface area contributed by atoms with Crippen LogP contribution in [-0.2, 0) is 4.79 Å². The van der Waals surface area contributed by atoms with Crippen LogP contribution in [0.2, 0.25) is 5.02 Å². The van der Waals surface area contributed by atoms with E-state index >= 15 is 0 Å². The van der Waals surface area contributed by atoms with E-state index in [9.17, 15) is 14.3 Å². The molecule has 1 N–H and O–H groups in total. The van der Waals surface area contributed by atoms with E-state index in [1.54, 1.807) is 66.2 Å². The lowest BCUT2D eigenvalue weighted by molar-refractivity contribution is -0.106. The van der Waals surface area contributed by atoms with Crippen LogP contribution in [0.1, 0.15) is 0 Å². The number of aromatic hydroxyl groups is 1. The lowest BCUT2D eigenvalue weighted by Crippen LogP contribution is -2.15. The van der Waals surface area contributed by atoms with Gasteiger partial charge in [0.25, 0.3) is 0 Å². The molecule has 35 heavy (non-hydrogen) atoms. The Kier molecular flexibility index (Phi) is 7.08. The highest BCUT2D eigenvalue weighted by atomic mass is 35.5. The standard InChI is InChI=1S/C27H22ClFN4O2/c1-32(2)11-12-33(17-34)26-4-3-19(13-24(26)28)22-15-21(29)16-23(27(22)35)20-7-10-31-25(14-20)18-5-8-30-9-6-18/h3-17,35H,1-2H3/b12-11-. The lowest BCUT2D eigenvalue weighted by Gasteiger charge is -2.17. The van der Waals surface area contributed by atoms with E-state index in [4.69, 9.17) is 11.6 Å². The number of halogens is 2.